The van der Waals surface area contributed by atoms with Crippen LogP contribution < -0.4 is 4.74 Å². The molecule has 0 bridgehead atoms. The summed E-state index contributed by atoms with van der Waals surface area (Å²) in [6, 6.07) is 8.28. The first-order valence-corrected chi connectivity index (χ1v) is 7.75. The molecule has 1 aromatic carbocycles. The fourth-order valence-corrected chi connectivity index (χ4v) is 2.25. The van der Waals surface area contributed by atoms with Crippen LogP contribution in [0.2, 0.25) is 0 Å². The minimum atomic E-state index is -0.107. The van der Waals surface area contributed by atoms with E-state index in [0.717, 1.165) is 23.8 Å². The van der Waals surface area contributed by atoms with Gasteiger partial charge in [-0.15, -0.1) is 0 Å². The maximum atomic E-state index is 8.66. The molecule has 1 aliphatic rings. The topological polar surface area (TPSA) is 32.7 Å². The lowest BCUT2D eigenvalue weighted by Crippen LogP contribution is -2.36. The summed E-state index contributed by atoms with van der Waals surface area (Å²) in [6.07, 6.45) is 2.78. The molecule has 0 radical (unpaired) electrons. The van der Waals surface area contributed by atoms with Crippen LogP contribution in [-0.4, -0.2) is 42.4 Å². The highest BCUT2D eigenvalue weighted by molar-refractivity contribution is 5.38. The molecular formula is C18H25NO2. The second-order valence-corrected chi connectivity index (χ2v) is 5.86. The molecule has 1 fully saturated rings. The largest absolute Gasteiger partial charge is 0.492 e. The molecule has 0 saturated heterocycles. The number of aliphatic hydroxyl groups excluding tert-OH is 1. The highest BCUT2D eigenvalue weighted by Gasteiger charge is 2.25. The van der Waals surface area contributed by atoms with E-state index in [1.54, 1.807) is 0 Å². The highest BCUT2D eigenvalue weighted by Crippen LogP contribution is 2.30. The molecule has 0 spiro atoms. The first kappa shape index (κ1) is 15.9. The van der Waals surface area contributed by atoms with Crippen molar-refractivity contribution in [2.24, 2.45) is 5.92 Å². The van der Waals surface area contributed by atoms with E-state index in [4.69, 9.17) is 9.84 Å². The fourth-order valence-electron chi connectivity index (χ4n) is 2.25. The molecular weight excluding hydrogens is 262 g/mol. The minimum absolute atomic E-state index is 0.107. The SMILES string of the molecule is CC(C)N(CCOc1ccc(C#CCO)cc1)CC1CC1. The van der Waals surface area contributed by atoms with Crippen molar-refractivity contribution in [1.29, 1.82) is 0 Å². The van der Waals surface area contributed by atoms with Crippen molar-refractivity contribution in [3.8, 4) is 17.6 Å². The average molecular weight is 287 g/mol. The molecule has 1 aliphatic carbocycles. The Hall–Kier alpha value is -1.50. The number of nitrogens with zero attached hydrogens (tertiary/aromatic N) is 1. The van der Waals surface area contributed by atoms with Gasteiger partial charge < -0.3 is 9.84 Å². The lowest BCUT2D eigenvalue weighted by Gasteiger charge is -2.26. The molecule has 0 atom stereocenters. The summed E-state index contributed by atoms with van der Waals surface area (Å²) in [5, 5.41) is 8.66. The fraction of sp³-hybridized carbons (Fsp3) is 0.556. The minimum Gasteiger partial charge on any atom is -0.492 e. The number of hydrogen-bond acceptors (Lipinski definition) is 3. The smallest absolute Gasteiger partial charge is 0.119 e. The predicted octanol–water partition coefficient (Wildman–Crippen LogP) is 2.53. The van der Waals surface area contributed by atoms with E-state index in [1.165, 1.54) is 19.4 Å². The Morgan fingerprint density at radius 1 is 1.29 bits per heavy atom. The van der Waals surface area contributed by atoms with Crippen LogP contribution in [-0.2, 0) is 0 Å². The van der Waals surface area contributed by atoms with Gasteiger partial charge in [-0.05, 0) is 56.9 Å². The lowest BCUT2D eigenvalue weighted by atomic mass is 10.2. The van der Waals surface area contributed by atoms with Gasteiger partial charge in [0.15, 0.2) is 0 Å². The number of ether oxygens (including phenoxy) is 1. The van der Waals surface area contributed by atoms with E-state index in [0.29, 0.717) is 12.6 Å². The van der Waals surface area contributed by atoms with E-state index in [-0.39, 0.29) is 6.61 Å². The lowest BCUT2D eigenvalue weighted by molar-refractivity contribution is 0.170. The molecule has 1 N–H and O–H groups in total. The summed E-state index contributed by atoms with van der Waals surface area (Å²) >= 11 is 0. The Balaban J connectivity index is 1.76. The third-order valence-electron chi connectivity index (χ3n) is 3.73. The van der Waals surface area contributed by atoms with Crippen molar-refractivity contribution >= 4 is 0 Å². The maximum Gasteiger partial charge on any atom is 0.119 e. The van der Waals surface area contributed by atoms with Crippen molar-refractivity contribution in [2.45, 2.75) is 32.7 Å². The summed E-state index contributed by atoms with van der Waals surface area (Å²) in [4.78, 5) is 2.50. The van der Waals surface area contributed by atoms with Crippen molar-refractivity contribution in [1.82, 2.24) is 4.90 Å². The second kappa shape index (κ2) is 8.07. The second-order valence-electron chi connectivity index (χ2n) is 5.86. The van der Waals surface area contributed by atoms with Gasteiger partial charge in [0, 0.05) is 24.7 Å². The predicted molar refractivity (Wildman–Crippen MR) is 85.3 cm³/mol. The molecule has 1 saturated carbocycles. The van der Waals surface area contributed by atoms with E-state index >= 15 is 0 Å². The molecule has 0 aromatic heterocycles. The van der Waals surface area contributed by atoms with Crippen molar-refractivity contribution in [3.05, 3.63) is 29.8 Å². The zero-order valence-corrected chi connectivity index (χ0v) is 13.0. The van der Waals surface area contributed by atoms with E-state index in [2.05, 4.69) is 30.6 Å². The van der Waals surface area contributed by atoms with Gasteiger partial charge in [-0.3, -0.25) is 4.90 Å². The van der Waals surface area contributed by atoms with Crippen LogP contribution in [0.4, 0.5) is 0 Å². The number of aliphatic hydroxyl groups is 1. The maximum absolute atomic E-state index is 8.66. The van der Waals surface area contributed by atoms with Crippen molar-refractivity contribution < 1.29 is 9.84 Å². The normalized spacial score (nSPS) is 14.1. The van der Waals surface area contributed by atoms with Crippen LogP contribution in [0.1, 0.15) is 32.3 Å². The summed E-state index contributed by atoms with van der Waals surface area (Å²) in [7, 11) is 0. The Morgan fingerprint density at radius 2 is 2.00 bits per heavy atom. The molecule has 0 aliphatic heterocycles. The standard InChI is InChI=1S/C18H25NO2/c1-15(2)19(14-17-5-6-17)11-13-21-18-9-7-16(8-10-18)4-3-12-20/h7-10,15,17,20H,5-6,11-14H2,1-2H3. The third-order valence-corrected chi connectivity index (χ3v) is 3.73. The van der Waals surface area contributed by atoms with Gasteiger partial charge in [-0.1, -0.05) is 11.8 Å². The quantitative estimate of drug-likeness (QED) is 0.782. The van der Waals surface area contributed by atoms with Crippen LogP contribution >= 0.6 is 0 Å². The molecule has 0 heterocycles. The Kier molecular flexibility index (Phi) is 6.10. The molecule has 3 heteroatoms. The molecule has 3 nitrogen and oxygen atoms in total. The first-order valence-electron chi connectivity index (χ1n) is 7.75. The summed E-state index contributed by atoms with van der Waals surface area (Å²) in [6.45, 7) is 7.28. The van der Waals surface area contributed by atoms with Gasteiger partial charge in [0.1, 0.15) is 19.0 Å². The zero-order valence-electron chi connectivity index (χ0n) is 13.0. The Bertz CT molecular complexity index is 480. The number of benzene rings is 1. The number of hydrogen-bond donors (Lipinski definition) is 1. The van der Waals surface area contributed by atoms with Gasteiger partial charge in [-0.2, -0.15) is 0 Å². The summed E-state index contributed by atoms with van der Waals surface area (Å²) in [5.41, 5.74) is 0.897. The molecule has 0 unspecified atom stereocenters. The van der Waals surface area contributed by atoms with Gasteiger partial charge in [-0.25, -0.2) is 0 Å². The van der Waals surface area contributed by atoms with Crippen LogP contribution in [0.15, 0.2) is 24.3 Å². The number of rotatable bonds is 7. The molecule has 1 aromatic rings. The van der Waals surface area contributed by atoms with Crippen LogP contribution in [0, 0.1) is 17.8 Å². The van der Waals surface area contributed by atoms with Crippen molar-refractivity contribution in [3.63, 3.8) is 0 Å². The molecule has 0 amide bonds. The van der Waals surface area contributed by atoms with Crippen molar-refractivity contribution in [2.75, 3.05) is 26.3 Å². The Morgan fingerprint density at radius 3 is 2.57 bits per heavy atom. The highest BCUT2D eigenvalue weighted by atomic mass is 16.5. The molecule has 21 heavy (non-hydrogen) atoms. The third kappa shape index (κ3) is 5.79. The van der Waals surface area contributed by atoms with Crippen LogP contribution in [0.25, 0.3) is 0 Å². The van der Waals surface area contributed by atoms with Gasteiger partial charge in [0.2, 0.25) is 0 Å². The monoisotopic (exact) mass is 287 g/mol. The molecule has 114 valence electrons. The van der Waals surface area contributed by atoms with Crippen LogP contribution in [0.3, 0.4) is 0 Å². The average Bonchev–Trinajstić information content (AvgIpc) is 3.29. The van der Waals surface area contributed by atoms with E-state index in [9.17, 15) is 0 Å². The zero-order chi connectivity index (χ0) is 15.1. The van der Waals surface area contributed by atoms with E-state index in [1.807, 2.05) is 24.3 Å². The summed E-state index contributed by atoms with van der Waals surface area (Å²) in [5.74, 6) is 7.30. The van der Waals surface area contributed by atoms with Gasteiger partial charge in [0.05, 0.1) is 0 Å². The Labute approximate surface area is 127 Å². The van der Waals surface area contributed by atoms with Crippen LogP contribution in [0.5, 0.6) is 5.75 Å². The summed E-state index contributed by atoms with van der Waals surface area (Å²) < 4.78 is 5.81. The first-order chi connectivity index (χ1) is 10.2. The van der Waals surface area contributed by atoms with Gasteiger partial charge >= 0.3 is 0 Å². The molecule has 2 rings (SSSR count). The van der Waals surface area contributed by atoms with Gasteiger partial charge in [0.25, 0.3) is 0 Å². The van der Waals surface area contributed by atoms with E-state index < -0.39 is 0 Å².